The summed E-state index contributed by atoms with van der Waals surface area (Å²) in [6, 6.07) is 0. The van der Waals surface area contributed by atoms with Gasteiger partial charge in [0.2, 0.25) is 0 Å². The monoisotopic (exact) mass is 260 g/mol. The molecule has 9 heteroatoms. The molecule has 0 atom stereocenters. The Hall–Kier alpha value is -1.01. The van der Waals surface area contributed by atoms with Gasteiger partial charge in [-0.15, -0.1) is 0 Å². The second-order valence-electron chi connectivity index (χ2n) is 1.80. The van der Waals surface area contributed by atoms with E-state index in [2.05, 4.69) is 0 Å². The Kier molecular flexibility index (Phi) is 6.09. The Bertz CT molecular complexity index is 395. The molecule has 0 saturated carbocycles. The molecule has 0 spiro atoms. The van der Waals surface area contributed by atoms with E-state index in [9.17, 15) is 0 Å². The van der Waals surface area contributed by atoms with Crippen LogP contribution in [0.25, 0.3) is 0 Å². The summed E-state index contributed by atoms with van der Waals surface area (Å²) in [5.41, 5.74) is 0. The zero-order valence-electron chi connectivity index (χ0n) is 7.45. The first-order valence-corrected chi connectivity index (χ1v) is 5.71. The van der Waals surface area contributed by atoms with Crippen molar-refractivity contribution in [2.45, 2.75) is 0 Å². The molecule has 0 radical (unpaired) electrons. The van der Waals surface area contributed by atoms with E-state index in [1.807, 2.05) is 0 Å². The molecule has 0 aliphatic heterocycles. The average molecular weight is 261 g/mol. The van der Waals surface area contributed by atoms with Crippen LogP contribution >= 0.6 is 0 Å². The molecule has 0 aromatic carbocycles. The topological polar surface area (TPSA) is 143 Å². The number of hydrogen-bond donors (Lipinski definition) is 0. The van der Waals surface area contributed by atoms with Crippen LogP contribution in [0.4, 0.5) is 0 Å². The predicted molar refractivity (Wildman–Crippen MR) is 45.2 cm³/mol. The Morgan fingerprint density at radius 3 is 0.600 bits per heavy atom. The van der Waals surface area contributed by atoms with Gasteiger partial charge in [-0.05, 0) is 0 Å². The van der Waals surface area contributed by atoms with E-state index in [1.165, 1.54) is 0 Å². The van der Waals surface area contributed by atoms with Gasteiger partial charge in [0, 0.05) is 0 Å². The summed E-state index contributed by atoms with van der Waals surface area (Å²) >= 11 is 0. The molecule has 6 nitrogen and oxygen atoms in total. The second-order valence-corrected chi connectivity index (χ2v) is 7.42. The van der Waals surface area contributed by atoms with Gasteiger partial charge in [-0.25, -0.2) is 0 Å². The minimum Gasteiger partial charge on any atom is 2.00 e. The molecule has 0 bridgehead atoms. The third-order valence-corrected chi connectivity index (χ3v) is 4.89. The first-order chi connectivity index (χ1) is 5.97. The van der Waals surface area contributed by atoms with Crippen molar-refractivity contribution in [3.63, 3.8) is 0 Å². The molecular weight excluding hydrogens is 261 g/mol. The first-order valence-electron chi connectivity index (χ1n) is 2.40. The van der Waals surface area contributed by atoms with Gasteiger partial charge in [-0.3, -0.25) is 0 Å². The Morgan fingerprint density at radius 2 is 0.600 bits per heavy atom. The molecule has 0 aromatic heterocycles. The maximum atomic E-state index is 8.58. The molecule has 0 aliphatic carbocycles. The molecule has 0 fully saturated rings. The molecule has 0 N–H and O–H groups in total. The van der Waals surface area contributed by atoms with Crippen LogP contribution in [0, 0.1) is 61.4 Å². The van der Waals surface area contributed by atoms with E-state index in [0.29, 0.717) is 0 Å². The maximum Gasteiger partial charge on any atom is 2.00 e. The van der Waals surface area contributed by atoms with Crippen molar-refractivity contribution >= 4 is 46.1 Å². The van der Waals surface area contributed by atoms with Gasteiger partial charge in [0.1, 0.15) is 0 Å². The summed E-state index contributed by atoms with van der Waals surface area (Å²) < 4.78 is 0. The van der Waals surface area contributed by atoms with Crippen LogP contribution in [-0.2, 0) is 10.7 Å². The molecule has 0 rings (SSSR count). The number of nitriles is 6. The van der Waals surface area contributed by atoms with Gasteiger partial charge < -0.3 is 0 Å². The van der Waals surface area contributed by atoms with E-state index >= 15 is 0 Å². The van der Waals surface area contributed by atoms with Crippen molar-refractivity contribution in [3.8, 4) is 29.8 Å². The van der Waals surface area contributed by atoms with E-state index in [1.54, 1.807) is 0 Å². The van der Waals surface area contributed by atoms with Gasteiger partial charge in [0.25, 0.3) is 0 Å². The summed E-state index contributed by atoms with van der Waals surface area (Å²) in [4.78, 5) is 6.19. The van der Waals surface area contributed by atoms with E-state index in [0.717, 1.165) is 29.8 Å². The molecule has 0 saturated heterocycles. The largest absolute Gasteiger partial charge is 2.00 e. The van der Waals surface area contributed by atoms with Gasteiger partial charge in [-0.2, -0.15) is 0 Å². The van der Waals surface area contributed by atoms with Crippen LogP contribution in [0.1, 0.15) is 0 Å². The maximum absolute atomic E-state index is 8.58. The first kappa shape index (κ1) is 19.5. The third kappa shape index (κ3) is 1.87. The molecule has 0 heterocycles. The molecule has 0 aromatic rings. The fourth-order valence-corrected chi connectivity index (χ4v) is 1.09. The van der Waals surface area contributed by atoms with Gasteiger partial charge in [0.15, 0.2) is 0 Å². The van der Waals surface area contributed by atoms with Gasteiger partial charge in [0.05, 0.1) is 0 Å². The van der Waals surface area contributed by atoms with Crippen molar-refractivity contribution in [3.05, 3.63) is 0 Å². The van der Waals surface area contributed by atoms with Crippen LogP contribution in [0.3, 0.4) is 0 Å². The van der Waals surface area contributed by atoms with Crippen LogP contribution in [0.2, 0.25) is 0 Å². The second kappa shape index (κ2) is 4.67. The third-order valence-electron chi connectivity index (χ3n) is 1.19. The number of nitrogens with zero attached hydrogens (tertiary/aromatic N) is 6. The smallest absolute Gasteiger partial charge is 2.00 e. The van der Waals surface area contributed by atoms with Crippen LogP contribution in [-0.4, -0.2) is 46.1 Å². The number of hydrogen-bond acceptors (Lipinski definition) is 6. The summed E-state index contributed by atoms with van der Waals surface area (Å²) in [6.45, 7) is 0. The molecule has 0 unspecified atom stereocenters. The molecular formula is C6FeMg2N6. The Morgan fingerprint density at radius 1 is 0.467 bits per heavy atom. The van der Waals surface area contributed by atoms with Crippen molar-refractivity contribution in [2.75, 3.05) is 0 Å². The fourth-order valence-electron chi connectivity index (χ4n) is 0.265. The van der Waals surface area contributed by atoms with E-state index < -0.39 is 10.7 Å². The minimum atomic E-state index is -6.17. The van der Waals surface area contributed by atoms with Crippen LogP contribution < -0.4 is 0 Å². The van der Waals surface area contributed by atoms with Crippen molar-refractivity contribution < 1.29 is 10.7 Å². The summed E-state index contributed by atoms with van der Waals surface area (Å²) in [7, 11) is -6.17. The van der Waals surface area contributed by atoms with Crippen LogP contribution in [0.15, 0.2) is 0 Å². The molecule has 15 heavy (non-hydrogen) atoms. The van der Waals surface area contributed by atoms with Crippen molar-refractivity contribution in [1.29, 1.82) is 31.6 Å². The average Bonchev–Trinajstić information content (AvgIpc) is 2.26. The Balaban J connectivity index is -0.000000720. The standard InChI is InChI=1S/6CN.Fe.2Mg/c6*1-2;;;/q;;;;;;-4;2*+2. The van der Waals surface area contributed by atoms with Gasteiger partial charge in [-0.1, -0.05) is 0 Å². The summed E-state index contributed by atoms with van der Waals surface area (Å²) in [5.74, 6) is 0. The number of rotatable bonds is 0. The zero-order chi connectivity index (χ0) is 10.7. The van der Waals surface area contributed by atoms with Gasteiger partial charge >= 0.3 is 118 Å². The summed E-state index contributed by atoms with van der Waals surface area (Å²) in [5, 5.41) is 51.5. The molecule has 0 aliphatic rings. The normalized spacial score (nSPS) is 11.6. The Labute approximate surface area is 117 Å². The predicted octanol–water partition coefficient (Wildman–Crippen LogP) is -0.663. The SMILES string of the molecule is N#[C][Fe-4]([C]#N)([C]#N)([C]#N)([C]#N)[C]#N.[Mg+2].[Mg+2]. The molecule has 66 valence electrons. The van der Waals surface area contributed by atoms with E-state index in [-0.39, 0.29) is 46.1 Å². The quantitative estimate of drug-likeness (QED) is 0.529. The zero-order valence-corrected chi connectivity index (χ0v) is 11.4. The minimum absolute atomic E-state index is 0. The van der Waals surface area contributed by atoms with Crippen molar-refractivity contribution in [1.82, 2.24) is 0 Å². The van der Waals surface area contributed by atoms with E-state index in [4.69, 9.17) is 31.6 Å². The van der Waals surface area contributed by atoms with Crippen LogP contribution in [0.5, 0.6) is 0 Å². The summed E-state index contributed by atoms with van der Waals surface area (Å²) in [6.07, 6.45) is 0. The molecule has 0 amide bonds. The van der Waals surface area contributed by atoms with Crippen molar-refractivity contribution in [2.24, 2.45) is 0 Å². The fraction of sp³-hybridized carbons (Fsp3) is 0.